The van der Waals surface area contributed by atoms with Crippen LogP contribution in [0.25, 0.3) is 6.08 Å². The number of benzene rings is 2. The molecule has 0 aliphatic heterocycles. The maximum atomic E-state index is 11.9. The zero-order valence-electron chi connectivity index (χ0n) is 12.6. The van der Waals surface area contributed by atoms with Crippen molar-refractivity contribution in [3.8, 4) is 11.5 Å². The van der Waals surface area contributed by atoms with Crippen molar-refractivity contribution < 1.29 is 19.0 Å². The lowest BCUT2D eigenvalue weighted by atomic mass is 10.1. The number of esters is 1. The molecule has 2 aromatic carbocycles. The molecule has 114 valence electrons. The van der Waals surface area contributed by atoms with Gasteiger partial charge in [-0.05, 0) is 29.8 Å². The number of para-hydroxylation sites is 1. The van der Waals surface area contributed by atoms with Gasteiger partial charge in [-0.3, -0.25) is 0 Å². The van der Waals surface area contributed by atoms with Crippen LogP contribution in [-0.4, -0.2) is 26.8 Å². The Bertz CT molecular complexity index is 647. The second-order valence-electron chi connectivity index (χ2n) is 4.44. The number of ether oxygens (including phenoxy) is 3. The molecular weight excluding hydrogens is 280 g/mol. The number of hydrogen-bond acceptors (Lipinski definition) is 4. The highest BCUT2D eigenvalue weighted by Crippen LogP contribution is 2.24. The summed E-state index contributed by atoms with van der Waals surface area (Å²) in [5.41, 5.74) is 1.13. The number of carbonyl (C=O) groups excluding carboxylic acids is 1. The van der Waals surface area contributed by atoms with Crippen molar-refractivity contribution in [1.29, 1.82) is 0 Å². The average Bonchev–Trinajstić information content (AvgIpc) is 2.58. The third-order valence-electron chi connectivity index (χ3n) is 3.05. The van der Waals surface area contributed by atoms with Gasteiger partial charge in [-0.15, -0.1) is 0 Å². The molecule has 0 aliphatic rings. The van der Waals surface area contributed by atoms with E-state index in [9.17, 15) is 4.79 Å². The summed E-state index contributed by atoms with van der Waals surface area (Å²) < 4.78 is 15.6. The quantitative estimate of drug-likeness (QED) is 0.765. The van der Waals surface area contributed by atoms with Gasteiger partial charge in [0.25, 0.3) is 0 Å². The van der Waals surface area contributed by atoms with Gasteiger partial charge in [0.2, 0.25) is 0 Å². The summed E-state index contributed by atoms with van der Waals surface area (Å²) in [5, 5.41) is 0. The molecule has 0 saturated heterocycles. The largest absolute Gasteiger partial charge is 0.496 e. The Hall–Kier alpha value is -2.75. The predicted molar refractivity (Wildman–Crippen MR) is 85.3 cm³/mol. The first-order valence-electron chi connectivity index (χ1n) is 6.86. The summed E-state index contributed by atoms with van der Waals surface area (Å²) in [6, 6.07) is 14.9. The van der Waals surface area contributed by atoms with E-state index in [4.69, 9.17) is 14.2 Å². The van der Waals surface area contributed by atoms with Crippen molar-refractivity contribution in [2.75, 3.05) is 20.8 Å². The first kappa shape index (κ1) is 15.6. The third kappa shape index (κ3) is 3.88. The molecule has 0 spiro atoms. The van der Waals surface area contributed by atoms with Crippen LogP contribution < -0.4 is 9.47 Å². The van der Waals surface area contributed by atoms with E-state index in [0.717, 1.165) is 11.3 Å². The Morgan fingerprint density at radius 1 is 1.05 bits per heavy atom. The Balaban J connectivity index is 2.11. The number of rotatable bonds is 6. The van der Waals surface area contributed by atoms with Crippen LogP contribution in [-0.2, 0) is 4.74 Å². The van der Waals surface area contributed by atoms with Gasteiger partial charge in [-0.2, -0.15) is 0 Å². The summed E-state index contributed by atoms with van der Waals surface area (Å²) >= 11 is 0. The fourth-order valence-corrected chi connectivity index (χ4v) is 2.01. The second-order valence-corrected chi connectivity index (χ2v) is 4.44. The van der Waals surface area contributed by atoms with Crippen molar-refractivity contribution in [2.45, 2.75) is 0 Å². The highest BCUT2D eigenvalue weighted by Gasteiger charge is 2.15. The van der Waals surface area contributed by atoms with E-state index in [1.807, 2.05) is 54.6 Å². The summed E-state index contributed by atoms with van der Waals surface area (Å²) in [7, 11) is 2.87. The highest BCUT2D eigenvalue weighted by atomic mass is 16.5. The Morgan fingerprint density at radius 2 is 1.82 bits per heavy atom. The van der Waals surface area contributed by atoms with Gasteiger partial charge >= 0.3 is 5.97 Å². The van der Waals surface area contributed by atoms with Gasteiger partial charge in [0.15, 0.2) is 0 Å². The van der Waals surface area contributed by atoms with E-state index in [-0.39, 0.29) is 0 Å². The minimum atomic E-state index is -0.430. The number of methoxy groups -OCH3 is 2. The monoisotopic (exact) mass is 298 g/mol. The summed E-state index contributed by atoms with van der Waals surface area (Å²) in [5.74, 6) is 0.852. The SMILES string of the molecule is COC(=O)c1c(/C=C/COc2ccccc2)cccc1OC. The number of carbonyl (C=O) groups is 1. The van der Waals surface area contributed by atoms with Crippen LogP contribution in [0, 0.1) is 0 Å². The zero-order chi connectivity index (χ0) is 15.8. The molecule has 0 saturated carbocycles. The highest BCUT2D eigenvalue weighted by molar-refractivity contribution is 5.96. The predicted octanol–water partition coefficient (Wildman–Crippen LogP) is 3.57. The first-order chi connectivity index (χ1) is 10.8. The van der Waals surface area contributed by atoms with Gasteiger partial charge in [0.05, 0.1) is 14.2 Å². The molecule has 4 heteroatoms. The van der Waals surface area contributed by atoms with Crippen LogP contribution in [0.2, 0.25) is 0 Å². The van der Waals surface area contributed by atoms with E-state index in [1.165, 1.54) is 14.2 Å². The lowest BCUT2D eigenvalue weighted by molar-refractivity contribution is 0.0597. The van der Waals surface area contributed by atoms with E-state index in [2.05, 4.69) is 0 Å². The van der Waals surface area contributed by atoms with E-state index >= 15 is 0 Å². The van der Waals surface area contributed by atoms with E-state index < -0.39 is 5.97 Å². The van der Waals surface area contributed by atoms with Crippen LogP contribution in [0.4, 0.5) is 0 Å². The molecule has 0 amide bonds. The molecule has 0 aliphatic carbocycles. The average molecular weight is 298 g/mol. The number of hydrogen-bond donors (Lipinski definition) is 0. The molecule has 0 radical (unpaired) electrons. The molecule has 0 atom stereocenters. The molecule has 0 N–H and O–H groups in total. The molecule has 0 bridgehead atoms. The first-order valence-corrected chi connectivity index (χ1v) is 6.86. The molecule has 0 unspecified atom stereocenters. The third-order valence-corrected chi connectivity index (χ3v) is 3.05. The zero-order valence-corrected chi connectivity index (χ0v) is 12.6. The van der Waals surface area contributed by atoms with Crippen LogP contribution in [0.1, 0.15) is 15.9 Å². The Labute approximate surface area is 129 Å². The van der Waals surface area contributed by atoms with Gasteiger partial charge in [-0.25, -0.2) is 4.79 Å². The molecule has 2 aromatic rings. The van der Waals surface area contributed by atoms with Crippen molar-refractivity contribution >= 4 is 12.0 Å². The standard InChI is InChI=1S/C18H18O4/c1-20-16-12-6-8-14(17(16)18(19)21-2)9-7-13-22-15-10-4-3-5-11-15/h3-12H,13H2,1-2H3/b9-7+. The van der Waals surface area contributed by atoms with Gasteiger partial charge < -0.3 is 14.2 Å². The van der Waals surface area contributed by atoms with Crippen LogP contribution >= 0.6 is 0 Å². The van der Waals surface area contributed by atoms with Crippen LogP contribution in [0.5, 0.6) is 11.5 Å². The van der Waals surface area contributed by atoms with Crippen LogP contribution in [0.3, 0.4) is 0 Å². The topological polar surface area (TPSA) is 44.8 Å². The van der Waals surface area contributed by atoms with Gasteiger partial charge in [0, 0.05) is 0 Å². The summed E-state index contributed by atoms with van der Waals surface area (Å²) in [6.45, 7) is 0.405. The maximum absolute atomic E-state index is 11.9. The molecule has 4 nitrogen and oxygen atoms in total. The van der Waals surface area contributed by atoms with Gasteiger partial charge in [-0.1, -0.05) is 36.4 Å². The van der Waals surface area contributed by atoms with Crippen molar-refractivity contribution in [3.05, 3.63) is 65.7 Å². The van der Waals surface area contributed by atoms with Crippen molar-refractivity contribution in [2.24, 2.45) is 0 Å². The van der Waals surface area contributed by atoms with E-state index in [1.54, 1.807) is 6.07 Å². The molecular formula is C18H18O4. The van der Waals surface area contributed by atoms with Gasteiger partial charge in [0.1, 0.15) is 23.7 Å². The lowest BCUT2D eigenvalue weighted by Gasteiger charge is -2.09. The maximum Gasteiger partial charge on any atom is 0.342 e. The fourth-order valence-electron chi connectivity index (χ4n) is 2.01. The molecule has 0 fully saturated rings. The fraction of sp³-hybridized carbons (Fsp3) is 0.167. The van der Waals surface area contributed by atoms with Crippen molar-refractivity contribution in [1.82, 2.24) is 0 Å². The summed E-state index contributed by atoms with van der Waals surface area (Å²) in [4.78, 5) is 11.9. The van der Waals surface area contributed by atoms with E-state index in [0.29, 0.717) is 17.9 Å². The molecule has 0 aromatic heterocycles. The Kier molecular flexibility index (Phi) is 5.60. The normalized spacial score (nSPS) is 10.5. The van der Waals surface area contributed by atoms with Crippen molar-refractivity contribution in [3.63, 3.8) is 0 Å². The Morgan fingerprint density at radius 3 is 2.50 bits per heavy atom. The minimum absolute atomic E-state index is 0.405. The second kappa shape index (κ2) is 7.88. The van der Waals surface area contributed by atoms with Crippen LogP contribution in [0.15, 0.2) is 54.6 Å². The molecule has 2 rings (SSSR count). The minimum Gasteiger partial charge on any atom is -0.496 e. The lowest BCUT2D eigenvalue weighted by Crippen LogP contribution is -2.06. The summed E-state index contributed by atoms with van der Waals surface area (Å²) in [6.07, 6.45) is 3.66. The molecule has 0 heterocycles. The molecule has 22 heavy (non-hydrogen) atoms. The smallest absolute Gasteiger partial charge is 0.342 e.